The molecular formula is C19H21N7O3. The maximum Gasteiger partial charge on any atom is 0.335 e. The van der Waals surface area contributed by atoms with E-state index in [4.69, 9.17) is 5.11 Å². The van der Waals surface area contributed by atoms with Gasteiger partial charge in [-0.05, 0) is 30.5 Å². The molecule has 0 spiro atoms. The fourth-order valence-corrected chi connectivity index (χ4v) is 3.27. The Hall–Kier alpha value is -3.69. The van der Waals surface area contributed by atoms with E-state index < -0.39 is 5.97 Å². The molecule has 10 nitrogen and oxygen atoms in total. The van der Waals surface area contributed by atoms with Crippen LogP contribution in [0, 0.1) is 0 Å². The van der Waals surface area contributed by atoms with Crippen molar-refractivity contribution in [3.63, 3.8) is 0 Å². The number of benzene rings is 1. The van der Waals surface area contributed by atoms with E-state index in [0.29, 0.717) is 12.2 Å². The van der Waals surface area contributed by atoms with E-state index in [1.54, 1.807) is 29.2 Å². The van der Waals surface area contributed by atoms with Crippen LogP contribution in [-0.2, 0) is 26.1 Å². The van der Waals surface area contributed by atoms with E-state index in [9.17, 15) is 9.59 Å². The van der Waals surface area contributed by atoms with Crippen LogP contribution in [0.1, 0.15) is 40.4 Å². The van der Waals surface area contributed by atoms with Crippen LogP contribution < -0.4 is 10.6 Å². The van der Waals surface area contributed by atoms with Crippen LogP contribution in [0.15, 0.2) is 36.7 Å². The van der Waals surface area contributed by atoms with Crippen LogP contribution in [0.25, 0.3) is 0 Å². The topological polar surface area (TPSA) is 127 Å². The first-order chi connectivity index (χ1) is 14.1. The number of carbonyl (C=O) groups is 2. The van der Waals surface area contributed by atoms with Crippen molar-refractivity contribution in [1.82, 2.24) is 29.9 Å². The van der Waals surface area contributed by atoms with Crippen LogP contribution in [0.2, 0.25) is 0 Å². The maximum atomic E-state index is 12.1. The van der Waals surface area contributed by atoms with Gasteiger partial charge in [-0.3, -0.25) is 4.68 Å². The third kappa shape index (κ3) is 4.42. The number of nitrogens with zero attached hydrogens (tertiary/aromatic N) is 5. The van der Waals surface area contributed by atoms with Gasteiger partial charge in [-0.25, -0.2) is 9.59 Å². The number of anilines is 1. The number of carbonyl (C=O) groups excluding carboxylic acids is 1. The number of hydrogen-bond acceptors (Lipinski definition) is 5. The van der Waals surface area contributed by atoms with Crippen molar-refractivity contribution in [3.05, 3.63) is 59.4 Å². The second kappa shape index (κ2) is 8.13. The fraction of sp³-hybridized carbons (Fsp3) is 0.316. The predicted octanol–water partition coefficient (Wildman–Crippen LogP) is 1.88. The SMILES string of the molecule is O=C(NCc1ccc(C(=O)O)cc1)Nc1cnn(Cc2nnc3n2CCCC3)c1. The molecule has 1 aromatic carbocycles. The molecule has 0 atom stereocenters. The monoisotopic (exact) mass is 395 g/mol. The lowest BCUT2D eigenvalue weighted by atomic mass is 10.1. The first-order valence-corrected chi connectivity index (χ1v) is 9.39. The average molecular weight is 395 g/mol. The van der Waals surface area contributed by atoms with Crippen molar-refractivity contribution >= 4 is 17.7 Å². The normalized spacial score (nSPS) is 13.0. The Morgan fingerprint density at radius 3 is 2.76 bits per heavy atom. The summed E-state index contributed by atoms with van der Waals surface area (Å²) in [5.41, 5.74) is 1.58. The maximum absolute atomic E-state index is 12.1. The molecule has 0 aliphatic carbocycles. The minimum absolute atomic E-state index is 0.208. The fourth-order valence-electron chi connectivity index (χ4n) is 3.27. The number of amides is 2. The molecule has 1 aliphatic rings. The summed E-state index contributed by atoms with van der Waals surface area (Å²) in [6.45, 7) is 1.71. The summed E-state index contributed by atoms with van der Waals surface area (Å²) < 4.78 is 3.85. The van der Waals surface area contributed by atoms with Crippen LogP contribution in [0.3, 0.4) is 0 Å². The second-order valence-corrected chi connectivity index (χ2v) is 6.88. The van der Waals surface area contributed by atoms with Gasteiger partial charge >= 0.3 is 12.0 Å². The van der Waals surface area contributed by atoms with Crippen molar-refractivity contribution in [2.75, 3.05) is 5.32 Å². The molecule has 1 aliphatic heterocycles. The molecule has 3 heterocycles. The van der Waals surface area contributed by atoms with Gasteiger partial charge in [-0.1, -0.05) is 12.1 Å². The molecule has 0 saturated heterocycles. The zero-order chi connectivity index (χ0) is 20.2. The summed E-state index contributed by atoms with van der Waals surface area (Å²) in [4.78, 5) is 23.0. The van der Waals surface area contributed by atoms with Gasteiger partial charge in [0.05, 0.1) is 17.4 Å². The number of rotatable bonds is 6. The smallest absolute Gasteiger partial charge is 0.335 e. The second-order valence-electron chi connectivity index (χ2n) is 6.88. The number of aromatic nitrogens is 5. The van der Waals surface area contributed by atoms with E-state index >= 15 is 0 Å². The molecule has 10 heteroatoms. The van der Waals surface area contributed by atoms with Crippen LogP contribution in [0.4, 0.5) is 10.5 Å². The number of carboxylic acid groups (broad SMARTS) is 1. The van der Waals surface area contributed by atoms with E-state index in [-0.39, 0.29) is 18.1 Å². The highest BCUT2D eigenvalue weighted by Crippen LogP contribution is 2.15. The van der Waals surface area contributed by atoms with Gasteiger partial charge in [0.25, 0.3) is 0 Å². The summed E-state index contributed by atoms with van der Waals surface area (Å²) in [6, 6.07) is 5.98. The lowest BCUT2D eigenvalue weighted by Gasteiger charge is -2.14. The first-order valence-electron chi connectivity index (χ1n) is 9.39. The number of carboxylic acids is 1. The molecular weight excluding hydrogens is 374 g/mol. The summed E-state index contributed by atoms with van der Waals surface area (Å²) in [5, 5.41) is 27.1. The molecule has 150 valence electrons. The van der Waals surface area contributed by atoms with E-state index in [1.807, 2.05) is 0 Å². The molecule has 3 aromatic rings. The van der Waals surface area contributed by atoms with E-state index in [0.717, 1.165) is 43.0 Å². The van der Waals surface area contributed by atoms with E-state index in [1.165, 1.54) is 12.1 Å². The summed E-state index contributed by atoms with van der Waals surface area (Å²) in [7, 11) is 0. The van der Waals surface area contributed by atoms with Gasteiger partial charge in [0.2, 0.25) is 0 Å². The average Bonchev–Trinajstić information content (AvgIpc) is 3.34. The largest absolute Gasteiger partial charge is 0.478 e. The molecule has 2 amide bonds. The van der Waals surface area contributed by atoms with Crippen LogP contribution in [-0.4, -0.2) is 41.7 Å². The zero-order valence-electron chi connectivity index (χ0n) is 15.7. The van der Waals surface area contributed by atoms with Crippen molar-refractivity contribution in [2.45, 2.75) is 38.9 Å². The van der Waals surface area contributed by atoms with Crippen molar-refractivity contribution in [1.29, 1.82) is 0 Å². The Kier molecular flexibility index (Phi) is 5.23. The molecule has 0 bridgehead atoms. The third-order valence-electron chi connectivity index (χ3n) is 4.78. The molecule has 0 radical (unpaired) electrons. The minimum Gasteiger partial charge on any atom is -0.478 e. The molecule has 3 N–H and O–H groups in total. The molecule has 29 heavy (non-hydrogen) atoms. The first kappa shape index (κ1) is 18.7. The number of hydrogen-bond donors (Lipinski definition) is 3. The minimum atomic E-state index is -0.981. The number of aryl methyl sites for hydroxylation is 1. The number of fused-ring (bicyclic) bond motifs is 1. The molecule has 0 saturated carbocycles. The third-order valence-corrected chi connectivity index (χ3v) is 4.78. The summed E-state index contributed by atoms with van der Waals surface area (Å²) >= 11 is 0. The van der Waals surface area contributed by atoms with Crippen LogP contribution >= 0.6 is 0 Å². The number of nitrogens with one attached hydrogen (secondary N) is 2. The van der Waals surface area contributed by atoms with Gasteiger partial charge in [-0.15, -0.1) is 10.2 Å². The van der Waals surface area contributed by atoms with Gasteiger partial charge in [-0.2, -0.15) is 5.10 Å². The molecule has 4 rings (SSSR count). The Labute approximate surface area is 166 Å². The molecule has 2 aromatic heterocycles. The standard InChI is InChI=1S/C19H21N7O3/c27-18(28)14-6-4-13(5-7-14)9-20-19(29)22-15-10-21-25(11-15)12-17-24-23-16-3-1-2-8-26(16)17/h4-7,10-11H,1-3,8-9,12H2,(H,27,28)(H2,20,22,29). The highest BCUT2D eigenvalue weighted by molar-refractivity contribution is 5.89. The Balaban J connectivity index is 1.30. The molecule has 0 unspecified atom stereocenters. The van der Waals surface area contributed by atoms with Gasteiger partial charge in [0.1, 0.15) is 12.4 Å². The summed E-state index contributed by atoms with van der Waals surface area (Å²) in [6.07, 6.45) is 6.55. The van der Waals surface area contributed by atoms with Crippen LogP contribution in [0.5, 0.6) is 0 Å². The van der Waals surface area contributed by atoms with Crippen molar-refractivity contribution < 1.29 is 14.7 Å². The predicted molar refractivity (Wildman–Crippen MR) is 104 cm³/mol. The summed E-state index contributed by atoms with van der Waals surface area (Å²) in [5.74, 6) is 0.905. The zero-order valence-corrected chi connectivity index (χ0v) is 15.7. The lowest BCUT2D eigenvalue weighted by molar-refractivity contribution is 0.0697. The van der Waals surface area contributed by atoms with Gasteiger partial charge in [0.15, 0.2) is 5.82 Å². The number of urea groups is 1. The Bertz CT molecular complexity index is 1020. The highest BCUT2D eigenvalue weighted by atomic mass is 16.4. The van der Waals surface area contributed by atoms with Gasteiger partial charge in [0, 0.05) is 25.7 Å². The van der Waals surface area contributed by atoms with Gasteiger partial charge < -0.3 is 20.3 Å². The Morgan fingerprint density at radius 1 is 1.14 bits per heavy atom. The van der Waals surface area contributed by atoms with Crippen molar-refractivity contribution in [2.24, 2.45) is 0 Å². The van der Waals surface area contributed by atoms with E-state index in [2.05, 4.69) is 30.5 Å². The quantitative estimate of drug-likeness (QED) is 0.585. The lowest BCUT2D eigenvalue weighted by Crippen LogP contribution is -2.28. The highest BCUT2D eigenvalue weighted by Gasteiger charge is 2.16. The van der Waals surface area contributed by atoms with Crippen molar-refractivity contribution in [3.8, 4) is 0 Å². The molecule has 0 fully saturated rings. The number of aromatic carboxylic acids is 1. The Morgan fingerprint density at radius 2 is 1.97 bits per heavy atom.